The molecule has 3 aromatic carbocycles. The van der Waals surface area contributed by atoms with Gasteiger partial charge in [-0.3, -0.25) is 0 Å². The average molecular weight is 311 g/mol. The first kappa shape index (κ1) is 14.2. The molecular weight excluding hydrogens is 296 g/mol. The maximum absolute atomic E-state index is 6.44. The lowest BCUT2D eigenvalue weighted by atomic mass is 9.84. The predicted octanol–water partition coefficient (Wildman–Crippen LogP) is 5.87. The molecule has 0 amide bonds. The smallest absolute Gasteiger partial charge is 0.0622 e. The van der Waals surface area contributed by atoms with Crippen molar-refractivity contribution in [1.29, 1.82) is 0 Å². The van der Waals surface area contributed by atoms with Crippen LogP contribution in [0.5, 0.6) is 0 Å². The molecule has 0 aliphatic carbocycles. The van der Waals surface area contributed by atoms with E-state index in [9.17, 15) is 0 Å². The lowest BCUT2D eigenvalue weighted by Gasteiger charge is -2.32. The van der Waals surface area contributed by atoms with Crippen LogP contribution in [0.3, 0.4) is 0 Å². The van der Waals surface area contributed by atoms with Crippen LogP contribution in [-0.4, -0.2) is 0 Å². The summed E-state index contributed by atoms with van der Waals surface area (Å²) in [6.45, 7) is 0. The molecule has 0 aromatic heterocycles. The van der Waals surface area contributed by atoms with Gasteiger partial charge >= 0.3 is 0 Å². The van der Waals surface area contributed by atoms with Crippen LogP contribution in [0.25, 0.3) is 0 Å². The third kappa shape index (κ3) is 2.59. The maximum atomic E-state index is 6.44. The summed E-state index contributed by atoms with van der Waals surface area (Å²) in [5.41, 5.74) is 3.55. The highest BCUT2D eigenvalue weighted by Crippen LogP contribution is 2.49. The van der Waals surface area contributed by atoms with Gasteiger partial charge in [-0.1, -0.05) is 91.0 Å². The Morgan fingerprint density at radius 1 is 0.524 bits per heavy atom. The Balaban J connectivity index is 2.29. The fraction of sp³-hybridized carbons (Fsp3) is 0.0526. The highest BCUT2D eigenvalue weighted by Gasteiger charge is 2.36. The summed E-state index contributed by atoms with van der Waals surface area (Å²) in [5, 5.41) is 0. The van der Waals surface area contributed by atoms with Gasteiger partial charge in [0.15, 0.2) is 0 Å². The van der Waals surface area contributed by atoms with Crippen LogP contribution >= 0.6 is 21.7 Å². The lowest BCUT2D eigenvalue weighted by molar-refractivity contribution is 0.902. The Labute approximate surface area is 134 Å². The first-order chi connectivity index (χ1) is 10.4. The van der Waals surface area contributed by atoms with Gasteiger partial charge in [-0.05, 0) is 38.3 Å². The normalized spacial score (nSPS) is 11.3. The monoisotopic (exact) mass is 310 g/mol. The van der Waals surface area contributed by atoms with Crippen LogP contribution in [-0.2, 0) is 4.75 Å². The fourth-order valence-corrected chi connectivity index (χ4v) is 4.13. The Morgan fingerprint density at radius 3 is 1.05 bits per heavy atom. The van der Waals surface area contributed by atoms with E-state index in [0.717, 1.165) is 0 Å². The summed E-state index contributed by atoms with van der Waals surface area (Å²) in [4.78, 5) is 0. The average Bonchev–Trinajstić information content (AvgIpc) is 2.59. The zero-order valence-corrected chi connectivity index (χ0v) is 13.0. The number of halogens is 1. The number of rotatable bonds is 4. The van der Waals surface area contributed by atoms with Crippen molar-refractivity contribution in [3.05, 3.63) is 108 Å². The maximum Gasteiger partial charge on any atom is 0.106 e. The molecule has 21 heavy (non-hydrogen) atoms. The van der Waals surface area contributed by atoms with Crippen LogP contribution in [0.15, 0.2) is 91.0 Å². The van der Waals surface area contributed by atoms with Crippen molar-refractivity contribution in [2.75, 3.05) is 0 Å². The largest absolute Gasteiger partial charge is 0.106 e. The van der Waals surface area contributed by atoms with E-state index >= 15 is 0 Å². The van der Waals surface area contributed by atoms with Gasteiger partial charge in [0.2, 0.25) is 0 Å². The van der Waals surface area contributed by atoms with Crippen LogP contribution in [0.4, 0.5) is 0 Å². The Kier molecular flexibility index (Phi) is 4.33. The Morgan fingerprint density at radius 2 is 0.810 bits per heavy atom. The van der Waals surface area contributed by atoms with Crippen molar-refractivity contribution < 1.29 is 0 Å². The molecule has 104 valence electrons. The van der Waals surface area contributed by atoms with Gasteiger partial charge in [-0.15, -0.1) is 0 Å². The molecule has 0 aliphatic rings. The summed E-state index contributed by atoms with van der Waals surface area (Å²) >= 11 is 0. The fourth-order valence-electron chi connectivity index (χ4n) is 2.65. The van der Waals surface area contributed by atoms with Crippen molar-refractivity contribution in [3.8, 4) is 0 Å². The van der Waals surface area contributed by atoms with E-state index < -0.39 is 4.75 Å². The SMILES string of the molecule is ClSC(c1ccccc1)(c1ccccc1)c1ccccc1. The van der Waals surface area contributed by atoms with Gasteiger partial charge in [0, 0.05) is 0 Å². The van der Waals surface area contributed by atoms with Gasteiger partial charge in [0.1, 0.15) is 4.75 Å². The van der Waals surface area contributed by atoms with Gasteiger partial charge < -0.3 is 0 Å². The zero-order chi connectivity index (χ0) is 14.5. The topological polar surface area (TPSA) is 0 Å². The van der Waals surface area contributed by atoms with E-state index in [1.807, 2.05) is 18.2 Å². The van der Waals surface area contributed by atoms with Crippen molar-refractivity contribution in [2.24, 2.45) is 0 Å². The minimum atomic E-state index is -0.397. The van der Waals surface area contributed by atoms with E-state index in [1.165, 1.54) is 27.7 Å². The highest BCUT2D eigenvalue weighted by molar-refractivity contribution is 8.22. The van der Waals surface area contributed by atoms with Gasteiger partial charge in [-0.2, -0.15) is 0 Å². The molecule has 0 spiro atoms. The van der Waals surface area contributed by atoms with E-state index in [1.54, 1.807) is 0 Å². The van der Waals surface area contributed by atoms with Gasteiger partial charge in [0.05, 0.1) is 0 Å². The standard InChI is InChI=1S/C19H15ClS/c20-21-19(16-10-4-1-5-11-16,17-12-6-2-7-13-17)18-14-8-3-9-15-18/h1-15H. The molecule has 0 N–H and O–H groups in total. The molecule has 0 bridgehead atoms. The summed E-state index contributed by atoms with van der Waals surface area (Å²) in [5.74, 6) is 0. The lowest BCUT2D eigenvalue weighted by Crippen LogP contribution is -2.24. The van der Waals surface area contributed by atoms with Crippen molar-refractivity contribution in [1.82, 2.24) is 0 Å². The van der Waals surface area contributed by atoms with E-state index in [0.29, 0.717) is 0 Å². The third-order valence-corrected chi connectivity index (χ3v) is 5.29. The molecule has 0 aliphatic heterocycles. The molecule has 3 aromatic rings. The van der Waals surface area contributed by atoms with E-state index in [4.69, 9.17) is 10.7 Å². The van der Waals surface area contributed by atoms with E-state index in [-0.39, 0.29) is 0 Å². The summed E-state index contributed by atoms with van der Waals surface area (Å²) < 4.78 is -0.397. The van der Waals surface area contributed by atoms with Crippen LogP contribution in [0.1, 0.15) is 16.7 Å². The van der Waals surface area contributed by atoms with Crippen LogP contribution < -0.4 is 0 Å². The summed E-state index contributed by atoms with van der Waals surface area (Å²) in [6, 6.07) is 31.3. The second-order valence-electron chi connectivity index (χ2n) is 4.86. The minimum Gasteiger partial charge on any atom is -0.0622 e. The Hall–Kier alpha value is -1.70. The molecular formula is C19H15ClS. The molecule has 0 saturated heterocycles. The molecule has 3 rings (SSSR count). The van der Waals surface area contributed by atoms with Crippen molar-refractivity contribution in [2.45, 2.75) is 4.75 Å². The quantitative estimate of drug-likeness (QED) is 0.543. The Bertz CT molecular complexity index is 584. The zero-order valence-electron chi connectivity index (χ0n) is 11.4. The highest BCUT2D eigenvalue weighted by atomic mass is 35.7. The van der Waals surface area contributed by atoms with Crippen LogP contribution in [0.2, 0.25) is 0 Å². The van der Waals surface area contributed by atoms with Gasteiger partial charge in [0.25, 0.3) is 0 Å². The molecule has 0 nitrogen and oxygen atoms in total. The number of hydrogen-bond donors (Lipinski definition) is 0. The molecule has 0 heterocycles. The van der Waals surface area contributed by atoms with E-state index in [2.05, 4.69) is 72.8 Å². The van der Waals surface area contributed by atoms with Crippen LogP contribution in [0, 0.1) is 0 Å². The first-order valence-corrected chi connectivity index (χ1v) is 8.48. The second-order valence-corrected chi connectivity index (χ2v) is 6.09. The molecule has 0 atom stereocenters. The second kappa shape index (κ2) is 6.38. The third-order valence-electron chi connectivity index (χ3n) is 3.66. The summed E-state index contributed by atoms with van der Waals surface area (Å²) in [6.07, 6.45) is 0. The molecule has 0 unspecified atom stereocenters. The molecule has 0 fully saturated rings. The summed E-state index contributed by atoms with van der Waals surface area (Å²) in [7, 11) is 7.79. The number of benzene rings is 3. The predicted molar refractivity (Wildman–Crippen MR) is 92.7 cm³/mol. The number of hydrogen-bond acceptors (Lipinski definition) is 1. The molecule has 2 heteroatoms. The minimum absolute atomic E-state index is 0.397. The molecule has 0 radical (unpaired) electrons. The molecule has 0 saturated carbocycles. The van der Waals surface area contributed by atoms with Gasteiger partial charge in [-0.25, -0.2) is 0 Å². The van der Waals surface area contributed by atoms with Crippen molar-refractivity contribution in [3.63, 3.8) is 0 Å². The van der Waals surface area contributed by atoms with Crippen molar-refractivity contribution >= 4 is 21.7 Å². The first-order valence-electron chi connectivity index (χ1n) is 6.84.